The molecule has 0 radical (unpaired) electrons. The lowest BCUT2D eigenvalue weighted by molar-refractivity contribution is 0.0926. The first-order valence-corrected chi connectivity index (χ1v) is 5.63. The van der Waals surface area contributed by atoms with Crippen molar-refractivity contribution in [3.8, 4) is 0 Å². The van der Waals surface area contributed by atoms with Crippen LogP contribution >= 0.6 is 12.4 Å². The van der Waals surface area contributed by atoms with Crippen LogP contribution in [0.1, 0.15) is 23.2 Å². The van der Waals surface area contributed by atoms with E-state index in [4.69, 9.17) is 0 Å². The van der Waals surface area contributed by atoms with Crippen molar-refractivity contribution in [1.29, 1.82) is 0 Å². The lowest BCUT2D eigenvalue weighted by Crippen LogP contribution is -2.45. The average Bonchev–Trinajstić information content (AvgIpc) is 2.30. The molecule has 1 saturated heterocycles. The smallest absolute Gasteiger partial charge is 0.254 e. The topological polar surface area (TPSA) is 41.1 Å². The molecule has 6 heteroatoms. The van der Waals surface area contributed by atoms with Gasteiger partial charge < -0.3 is 10.6 Å². The largest absolute Gasteiger partial charge is 0.348 e. The maximum absolute atomic E-state index is 13.3. The molecule has 2 rings (SSSR count). The van der Waals surface area contributed by atoms with Gasteiger partial charge in [-0.15, -0.1) is 12.4 Å². The van der Waals surface area contributed by atoms with Crippen LogP contribution in [0.15, 0.2) is 18.2 Å². The van der Waals surface area contributed by atoms with Gasteiger partial charge in [-0.25, -0.2) is 8.78 Å². The van der Waals surface area contributed by atoms with Gasteiger partial charge in [0.1, 0.15) is 11.6 Å². The highest BCUT2D eigenvalue weighted by Gasteiger charge is 2.18. The first kappa shape index (κ1) is 14.9. The normalized spacial score (nSPS) is 18.9. The van der Waals surface area contributed by atoms with Gasteiger partial charge in [-0.05, 0) is 31.5 Å². The highest BCUT2D eigenvalue weighted by atomic mass is 35.5. The Bertz CT molecular complexity index is 423. The van der Waals surface area contributed by atoms with Gasteiger partial charge in [0.2, 0.25) is 0 Å². The Morgan fingerprint density at radius 3 is 2.78 bits per heavy atom. The summed E-state index contributed by atoms with van der Waals surface area (Å²) in [4.78, 5) is 11.7. The molecule has 0 bridgehead atoms. The van der Waals surface area contributed by atoms with Crippen molar-refractivity contribution >= 4 is 18.3 Å². The first-order chi connectivity index (χ1) is 8.16. The second-order valence-electron chi connectivity index (χ2n) is 4.14. The molecule has 0 aromatic heterocycles. The Kier molecular flexibility index (Phi) is 5.50. The minimum absolute atomic E-state index is 0. The minimum atomic E-state index is -0.828. The molecule has 0 saturated carbocycles. The Balaban J connectivity index is 0.00000162. The SMILES string of the molecule is Cl.O=C(NC1CCCNC1)c1ccc(F)cc1F. The van der Waals surface area contributed by atoms with Gasteiger partial charge in [-0.1, -0.05) is 0 Å². The van der Waals surface area contributed by atoms with Crippen LogP contribution in [0.3, 0.4) is 0 Å². The number of carbonyl (C=O) groups excluding carboxylic acids is 1. The molecule has 2 N–H and O–H groups in total. The monoisotopic (exact) mass is 276 g/mol. The van der Waals surface area contributed by atoms with Crippen LogP contribution in [-0.2, 0) is 0 Å². The third-order valence-electron chi connectivity index (χ3n) is 2.81. The van der Waals surface area contributed by atoms with E-state index >= 15 is 0 Å². The summed E-state index contributed by atoms with van der Waals surface area (Å²) < 4.78 is 26.0. The molecule has 1 atom stereocenters. The summed E-state index contributed by atoms with van der Waals surface area (Å²) in [6.45, 7) is 1.63. The zero-order chi connectivity index (χ0) is 12.3. The van der Waals surface area contributed by atoms with Crippen molar-refractivity contribution in [1.82, 2.24) is 10.6 Å². The van der Waals surface area contributed by atoms with Gasteiger partial charge in [-0.3, -0.25) is 4.79 Å². The number of benzene rings is 1. The van der Waals surface area contributed by atoms with E-state index in [1.54, 1.807) is 0 Å². The van der Waals surface area contributed by atoms with Crippen LogP contribution in [0.2, 0.25) is 0 Å². The molecule has 0 spiro atoms. The van der Waals surface area contributed by atoms with E-state index < -0.39 is 17.5 Å². The molecule has 1 fully saturated rings. The van der Waals surface area contributed by atoms with Crippen molar-refractivity contribution in [3.05, 3.63) is 35.4 Å². The summed E-state index contributed by atoms with van der Waals surface area (Å²) in [5.41, 5.74) is -0.114. The lowest BCUT2D eigenvalue weighted by Gasteiger charge is -2.23. The fourth-order valence-electron chi connectivity index (χ4n) is 1.91. The summed E-state index contributed by atoms with van der Waals surface area (Å²) >= 11 is 0. The number of rotatable bonds is 2. The predicted octanol–water partition coefficient (Wildman–Crippen LogP) is 1.87. The van der Waals surface area contributed by atoms with E-state index in [-0.39, 0.29) is 24.0 Å². The van der Waals surface area contributed by atoms with Crippen LogP contribution in [0.25, 0.3) is 0 Å². The number of piperidine rings is 1. The third-order valence-corrected chi connectivity index (χ3v) is 2.81. The van der Waals surface area contributed by atoms with E-state index in [0.717, 1.165) is 31.5 Å². The molecule has 1 aromatic rings. The summed E-state index contributed by atoms with van der Waals surface area (Å²) in [5, 5.41) is 5.88. The van der Waals surface area contributed by atoms with Crippen molar-refractivity contribution < 1.29 is 13.6 Å². The molecule has 0 aliphatic carbocycles. The summed E-state index contributed by atoms with van der Waals surface area (Å²) in [6.07, 6.45) is 1.86. The number of carbonyl (C=O) groups is 1. The molecule has 3 nitrogen and oxygen atoms in total. The summed E-state index contributed by atoms with van der Waals surface area (Å²) in [6, 6.07) is 2.97. The second-order valence-corrected chi connectivity index (χ2v) is 4.14. The molecular formula is C12H15ClF2N2O. The highest BCUT2D eigenvalue weighted by molar-refractivity contribution is 5.94. The van der Waals surface area contributed by atoms with Gasteiger partial charge in [0.25, 0.3) is 5.91 Å². The van der Waals surface area contributed by atoms with Crippen molar-refractivity contribution in [3.63, 3.8) is 0 Å². The number of nitrogens with one attached hydrogen (secondary N) is 2. The predicted molar refractivity (Wildman–Crippen MR) is 67.0 cm³/mol. The van der Waals surface area contributed by atoms with Gasteiger partial charge in [-0.2, -0.15) is 0 Å². The number of amides is 1. The van der Waals surface area contributed by atoms with E-state index in [1.807, 2.05) is 0 Å². The lowest BCUT2D eigenvalue weighted by atomic mass is 10.1. The maximum atomic E-state index is 13.3. The van der Waals surface area contributed by atoms with E-state index in [1.165, 1.54) is 0 Å². The molecule has 1 unspecified atom stereocenters. The fraction of sp³-hybridized carbons (Fsp3) is 0.417. The number of hydrogen-bond acceptors (Lipinski definition) is 2. The Labute approximate surface area is 110 Å². The van der Waals surface area contributed by atoms with Gasteiger partial charge in [0.05, 0.1) is 5.56 Å². The molecule has 1 aromatic carbocycles. The zero-order valence-corrected chi connectivity index (χ0v) is 10.5. The van der Waals surface area contributed by atoms with E-state index in [0.29, 0.717) is 12.6 Å². The Morgan fingerprint density at radius 1 is 1.39 bits per heavy atom. The molecular weight excluding hydrogens is 262 g/mol. The summed E-state index contributed by atoms with van der Waals surface area (Å²) in [7, 11) is 0. The molecule has 1 aliphatic rings. The Morgan fingerprint density at radius 2 is 2.17 bits per heavy atom. The van der Waals surface area contributed by atoms with Crippen LogP contribution in [-0.4, -0.2) is 25.0 Å². The van der Waals surface area contributed by atoms with Crippen molar-refractivity contribution in [2.24, 2.45) is 0 Å². The molecule has 1 aliphatic heterocycles. The zero-order valence-electron chi connectivity index (χ0n) is 9.71. The van der Waals surface area contributed by atoms with Crippen molar-refractivity contribution in [2.45, 2.75) is 18.9 Å². The fourth-order valence-corrected chi connectivity index (χ4v) is 1.91. The average molecular weight is 277 g/mol. The van der Waals surface area contributed by atoms with Gasteiger partial charge in [0.15, 0.2) is 0 Å². The van der Waals surface area contributed by atoms with E-state index in [2.05, 4.69) is 10.6 Å². The third kappa shape index (κ3) is 3.65. The van der Waals surface area contributed by atoms with Crippen LogP contribution in [0.5, 0.6) is 0 Å². The molecule has 1 heterocycles. The van der Waals surface area contributed by atoms with Crippen LogP contribution in [0.4, 0.5) is 8.78 Å². The summed E-state index contributed by atoms with van der Waals surface area (Å²) in [5.74, 6) is -2.00. The molecule has 18 heavy (non-hydrogen) atoms. The quantitative estimate of drug-likeness (QED) is 0.866. The number of halogens is 3. The standard InChI is InChI=1S/C12H14F2N2O.ClH/c13-8-3-4-10(11(14)6-8)12(17)16-9-2-1-5-15-7-9;/h3-4,6,9,15H,1-2,5,7H2,(H,16,17);1H. The maximum Gasteiger partial charge on any atom is 0.254 e. The van der Waals surface area contributed by atoms with Crippen molar-refractivity contribution in [2.75, 3.05) is 13.1 Å². The second kappa shape index (κ2) is 6.66. The van der Waals surface area contributed by atoms with Gasteiger partial charge in [0, 0.05) is 18.7 Å². The molecule has 100 valence electrons. The first-order valence-electron chi connectivity index (χ1n) is 5.63. The Hall–Kier alpha value is -1.20. The molecule has 1 amide bonds. The minimum Gasteiger partial charge on any atom is -0.348 e. The van der Waals surface area contributed by atoms with E-state index in [9.17, 15) is 13.6 Å². The van der Waals surface area contributed by atoms with Gasteiger partial charge >= 0.3 is 0 Å². The van der Waals surface area contributed by atoms with Crippen LogP contribution < -0.4 is 10.6 Å². The van der Waals surface area contributed by atoms with Crippen LogP contribution in [0, 0.1) is 11.6 Å². The highest BCUT2D eigenvalue weighted by Crippen LogP contribution is 2.10. The number of hydrogen-bond donors (Lipinski definition) is 2.